The summed E-state index contributed by atoms with van der Waals surface area (Å²) in [6.07, 6.45) is 0.704. The predicted molar refractivity (Wildman–Crippen MR) is 57.3 cm³/mol. The quantitative estimate of drug-likeness (QED) is 0.477. The number of benzene rings is 1. The van der Waals surface area contributed by atoms with Crippen molar-refractivity contribution in [1.29, 1.82) is 0 Å². The maximum atomic E-state index is 8.18. The molecule has 0 unspecified atom stereocenters. The number of azide groups is 1. The van der Waals surface area contributed by atoms with Crippen molar-refractivity contribution in [2.75, 3.05) is 6.54 Å². The van der Waals surface area contributed by atoms with Crippen LogP contribution in [0, 0.1) is 0 Å². The van der Waals surface area contributed by atoms with Crippen LogP contribution in [0.2, 0.25) is 0 Å². The number of aromatic nitrogens is 4. The van der Waals surface area contributed by atoms with Crippen LogP contribution in [0.4, 0.5) is 0 Å². The van der Waals surface area contributed by atoms with Crippen molar-refractivity contribution in [3.63, 3.8) is 0 Å². The highest BCUT2D eigenvalue weighted by molar-refractivity contribution is 5.54. The minimum atomic E-state index is 0.451. The molecule has 0 spiro atoms. The average molecular weight is 215 g/mol. The van der Waals surface area contributed by atoms with Gasteiger partial charge in [-0.3, -0.25) is 0 Å². The molecule has 0 atom stereocenters. The summed E-state index contributed by atoms with van der Waals surface area (Å²) >= 11 is 0. The lowest BCUT2D eigenvalue weighted by Crippen LogP contribution is -1.90. The van der Waals surface area contributed by atoms with Crippen LogP contribution in [0.3, 0.4) is 0 Å². The van der Waals surface area contributed by atoms with Crippen LogP contribution in [0.1, 0.15) is 5.56 Å². The zero-order valence-electron chi connectivity index (χ0n) is 8.41. The van der Waals surface area contributed by atoms with Crippen molar-refractivity contribution in [1.82, 2.24) is 20.6 Å². The first-order valence-electron chi connectivity index (χ1n) is 4.74. The van der Waals surface area contributed by atoms with Gasteiger partial charge in [0.15, 0.2) is 0 Å². The molecule has 0 saturated carbocycles. The van der Waals surface area contributed by atoms with Gasteiger partial charge in [0.2, 0.25) is 5.82 Å². The fourth-order valence-electron chi connectivity index (χ4n) is 1.37. The van der Waals surface area contributed by atoms with E-state index < -0.39 is 0 Å². The van der Waals surface area contributed by atoms with Gasteiger partial charge < -0.3 is 0 Å². The van der Waals surface area contributed by atoms with E-state index in [9.17, 15) is 0 Å². The Morgan fingerprint density at radius 1 is 1.44 bits per heavy atom. The molecule has 7 nitrogen and oxygen atoms in total. The molecule has 1 aromatic carbocycles. The zero-order chi connectivity index (χ0) is 11.2. The van der Waals surface area contributed by atoms with E-state index in [-0.39, 0.29) is 0 Å². The Bertz CT molecular complexity index is 498. The summed E-state index contributed by atoms with van der Waals surface area (Å²) in [5, 5.41) is 17.2. The average Bonchev–Trinajstić information content (AvgIpc) is 2.83. The van der Waals surface area contributed by atoms with Crippen molar-refractivity contribution in [2.24, 2.45) is 5.11 Å². The topological polar surface area (TPSA) is 103 Å². The van der Waals surface area contributed by atoms with Gasteiger partial charge in [0, 0.05) is 17.0 Å². The first kappa shape index (κ1) is 10.1. The Kier molecular flexibility index (Phi) is 3.10. The summed E-state index contributed by atoms with van der Waals surface area (Å²) in [7, 11) is 0. The van der Waals surface area contributed by atoms with E-state index in [0.717, 1.165) is 11.1 Å². The summed E-state index contributed by atoms with van der Waals surface area (Å²) in [6.45, 7) is 0.451. The van der Waals surface area contributed by atoms with E-state index in [1.807, 2.05) is 24.3 Å². The monoisotopic (exact) mass is 215 g/mol. The summed E-state index contributed by atoms with van der Waals surface area (Å²) in [5.41, 5.74) is 10.1. The Balaban J connectivity index is 2.16. The maximum absolute atomic E-state index is 8.18. The zero-order valence-corrected chi connectivity index (χ0v) is 8.41. The summed E-state index contributed by atoms with van der Waals surface area (Å²) < 4.78 is 0. The number of nitrogens with one attached hydrogen (secondary N) is 1. The lowest BCUT2D eigenvalue weighted by molar-refractivity contribution is 0.881. The molecule has 1 heterocycles. The molecular formula is C9H9N7. The second-order valence-electron chi connectivity index (χ2n) is 3.14. The number of H-pyrrole nitrogens is 1. The van der Waals surface area contributed by atoms with Crippen molar-refractivity contribution in [2.45, 2.75) is 6.42 Å². The molecular weight excluding hydrogens is 206 g/mol. The highest BCUT2D eigenvalue weighted by Crippen LogP contribution is 2.15. The fourth-order valence-corrected chi connectivity index (χ4v) is 1.37. The summed E-state index contributed by atoms with van der Waals surface area (Å²) in [4.78, 5) is 2.71. The Morgan fingerprint density at radius 3 is 3.12 bits per heavy atom. The second-order valence-corrected chi connectivity index (χ2v) is 3.14. The van der Waals surface area contributed by atoms with Gasteiger partial charge >= 0.3 is 0 Å². The molecule has 1 N–H and O–H groups in total. The van der Waals surface area contributed by atoms with Crippen molar-refractivity contribution < 1.29 is 0 Å². The third-order valence-corrected chi connectivity index (χ3v) is 2.09. The first-order valence-corrected chi connectivity index (χ1v) is 4.74. The predicted octanol–water partition coefficient (Wildman–Crippen LogP) is 1.72. The van der Waals surface area contributed by atoms with Gasteiger partial charge in [-0.15, -0.1) is 10.2 Å². The Hall–Kier alpha value is -2.40. The molecule has 7 heteroatoms. The number of tetrazole rings is 1. The first-order chi connectivity index (χ1) is 7.90. The lowest BCUT2D eigenvalue weighted by atomic mass is 10.1. The number of rotatable bonds is 4. The molecule has 2 aromatic rings. The third kappa shape index (κ3) is 2.34. The van der Waals surface area contributed by atoms with Crippen LogP contribution < -0.4 is 0 Å². The molecule has 2 rings (SSSR count). The molecule has 0 aliphatic carbocycles. The SMILES string of the molecule is [N-]=[N+]=NCCc1cccc(-c2nn[nH]n2)c1. The van der Waals surface area contributed by atoms with Gasteiger partial charge in [0.05, 0.1) is 0 Å². The van der Waals surface area contributed by atoms with Crippen LogP contribution in [-0.2, 0) is 6.42 Å². The van der Waals surface area contributed by atoms with Crippen LogP contribution >= 0.6 is 0 Å². The largest absolute Gasteiger partial charge is 0.204 e. The third-order valence-electron chi connectivity index (χ3n) is 2.09. The Morgan fingerprint density at radius 2 is 2.38 bits per heavy atom. The van der Waals surface area contributed by atoms with Crippen LogP contribution in [0.25, 0.3) is 21.8 Å². The van der Waals surface area contributed by atoms with Crippen LogP contribution in [0.5, 0.6) is 0 Å². The molecule has 0 aliphatic heterocycles. The molecule has 0 amide bonds. The van der Waals surface area contributed by atoms with Gasteiger partial charge in [-0.2, -0.15) is 5.21 Å². The highest BCUT2D eigenvalue weighted by Gasteiger charge is 2.02. The molecule has 0 aliphatic rings. The van der Waals surface area contributed by atoms with Crippen molar-refractivity contribution in [3.05, 3.63) is 40.3 Å². The fraction of sp³-hybridized carbons (Fsp3) is 0.222. The van der Waals surface area contributed by atoms with Gasteiger partial charge in [0.1, 0.15) is 0 Å². The standard InChI is InChI=1S/C9H9N7/c10-14-11-5-4-7-2-1-3-8(6-7)9-12-15-16-13-9/h1-3,6H,4-5H2,(H,12,13,15,16). The van der Waals surface area contributed by atoms with E-state index in [2.05, 4.69) is 30.7 Å². The normalized spacial score (nSPS) is 9.75. The van der Waals surface area contributed by atoms with Crippen molar-refractivity contribution in [3.8, 4) is 11.4 Å². The van der Waals surface area contributed by atoms with E-state index in [1.165, 1.54) is 0 Å². The van der Waals surface area contributed by atoms with Gasteiger partial charge in [-0.25, -0.2) is 0 Å². The highest BCUT2D eigenvalue weighted by atomic mass is 15.5. The van der Waals surface area contributed by atoms with Crippen LogP contribution in [-0.4, -0.2) is 27.2 Å². The lowest BCUT2D eigenvalue weighted by Gasteiger charge is -1.99. The molecule has 0 bridgehead atoms. The molecule has 16 heavy (non-hydrogen) atoms. The number of nitrogens with zero attached hydrogens (tertiary/aromatic N) is 6. The molecule has 80 valence electrons. The number of hydrogen-bond donors (Lipinski definition) is 1. The molecule has 0 fully saturated rings. The van der Waals surface area contributed by atoms with E-state index in [0.29, 0.717) is 18.8 Å². The van der Waals surface area contributed by atoms with E-state index >= 15 is 0 Å². The summed E-state index contributed by atoms with van der Waals surface area (Å²) in [6, 6.07) is 7.74. The number of aromatic amines is 1. The van der Waals surface area contributed by atoms with Crippen LogP contribution in [0.15, 0.2) is 29.4 Å². The second kappa shape index (κ2) is 4.90. The van der Waals surface area contributed by atoms with E-state index in [4.69, 9.17) is 5.53 Å². The minimum Gasteiger partial charge on any atom is -0.177 e. The number of hydrogen-bond acceptors (Lipinski definition) is 4. The smallest absolute Gasteiger partial charge is 0.177 e. The minimum absolute atomic E-state index is 0.451. The molecule has 1 aromatic heterocycles. The molecule has 0 saturated heterocycles. The Labute approximate surface area is 91.1 Å². The van der Waals surface area contributed by atoms with Gasteiger partial charge in [0.25, 0.3) is 0 Å². The summed E-state index contributed by atoms with van der Waals surface area (Å²) in [5.74, 6) is 0.561. The van der Waals surface area contributed by atoms with Crippen molar-refractivity contribution >= 4 is 0 Å². The van der Waals surface area contributed by atoms with Gasteiger partial charge in [-0.1, -0.05) is 23.3 Å². The van der Waals surface area contributed by atoms with E-state index in [1.54, 1.807) is 0 Å². The van der Waals surface area contributed by atoms with Gasteiger partial charge in [-0.05, 0) is 28.8 Å². The molecule has 0 radical (unpaired) electrons. The maximum Gasteiger partial charge on any atom is 0.204 e.